The van der Waals surface area contributed by atoms with Gasteiger partial charge in [0.05, 0.1) is 5.51 Å². The van der Waals surface area contributed by atoms with Crippen LogP contribution in [0.25, 0.3) is 11.1 Å². The number of ether oxygens (including phenoxy) is 1. The lowest BCUT2D eigenvalue weighted by atomic mass is 10.0. The molecule has 0 atom stereocenters. The van der Waals surface area contributed by atoms with E-state index in [0.717, 1.165) is 10.4 Å². The number of nitrogens with zero attached hydrogens (tertiary/aromatic N) is 2. The number of halogens is 3. The Morgan fingerprint density at radius 2 is 2.09 bits per heavy atom. The van der Waals surface area contributed by atoms with Crippen molar-refractivity contribution in [2.24, 2.45) is 0 Å². The van der Waals surface area contributed by atoms with Gasteiger partial charge < -0.3 is 4.74 Å². The molecular weight excluding hydrogens is 342 g/mol. The Kier molecular flexibility index (Phi) is 4.83. The fourth-order valence-electron chi connectivity index (χ4n) is 2.16. The highest BCUT2D eigenvalue weighted by atomic mass is 35.5. The van der Waals surface area contributed by atoms with Crippen molar-refractivity contribution < 1.29 is 13.5 Å². The summed E-state index contributed by atoms with van der Waals surface area (Å²) in [4.78, 5) is 9.13. The van der Waals surface area contributed by atoms with Crippen molar-refractivity contribution in [2.45, 2.75) is 13.0 Å². The summed E-state index contributed by atoms with van der Waals surface area (Å²) in [5.74, 6) is -0.115. The fraction of sp³-hybridized carbons (Fsp3) is 0.125. The molecule has 0 aliphatic heterocycles. The Morgan fingerprint density at radius 1 is 1.22 bits per heavy atom. The first-order chi connectivity index (χ1) is 11.1. The first-order valence-corrected chi connectivity index (χ1v) is 7.94. The van der Waals surface area contributed by atoms with Crippen LogP contribution in [0.15, 0.2) is 48.2 Å². The van der Waals surface area contributed by atoms with Crippen LogP contribution in [0.5, 0.6) is 5.88 Å². The van der Waals surface area contributed by atoms with Gasteiger partial charge in [-0.1, -0.05) is 23.7 Å². The van der Waals surface area contributed by atoms with Gasteiger partial charge >= 0.3 is 6.61 Å². The Bertz CT molecular complexity index is 797. The molecule has 0 amide bonds. The second-order valence-electron chi connectivity index (χ2n) is 4.73. The predicted octanol–water partition coefficient (Wildman–Crippen LogP) is 5.05. The van der Waals surface area contributed by atoms with E-state index in [1.807, 2.05) is 0 Å². The van der Waals surface area contributed by atoms with Crippen molar-refractivity contribution in [2.75, 3.05) is 0 Å². The third-order valence-electron chi connectivity index (χ3n) is 3.11. The lowest BCUT2D eigenvalue weighted by Crippen LogP contribution is -2.05. The van der Waals surface area contributed by atoms with Crippen LogP contribution in [0.2, 0.25) is 5.02 Å². The third kappa shape index (κ3) is 4.03. The molecule has 0 aliphatic carbocycles. The van der Waals surface area contributed by atoms with Crippen molar-refractivity contribution in [1.29, 1.82) is 0 Å². The van der Waals surface area contributed by atoms with Gasteiger partial charge in [0.15, 0.2) is 0 Å². The number of pyridine rings is 1. The maximum absolute atomic E-state index is 12.6. The summed E-state index contributed by atoms with van der Waals surface area (Å²) in [5, 5.41) is 0.512. The van der Waals surface area contributed by atoms with Gasteiger partial charge in [-0.15, -0.1) is 11.3 Å². The Balaban J connectivity index is 2.01. The minimum Gasteiger partial charge on any atom is -0.416 e. The quantitative estimate of drug-likeness (QED) is 0.644. The van der Waals surface area contributed by atoms with E-state index in [1.165, 1.54) is 17.5 Å². The Hall–Kier alpha value is -2.05. The summed E-state index contributed by atoms with van der Waals surface area (Å²) in [6.07, 6.45) is 3.93. The molecule has 0 saturated heterocycles. The fourth-order valence-corrected chi connectivity index (χ4v) is 2.98. The van der Waals surface area contributed by atoms with Gasteiger partial charge in [0.25, 0.3) is 0 Å². The normalized spacial score (nSPS) is 11.0. The van der Waals surface area contributed by atoms with Crippen LogP contribution >= 0.6 is 22.9 Å². The molecule has 0 bridgehead atoms. The summed E-state index contributed by atoms with van der Waals surface area (Å²) in [6.45, 7) is -2.94. The number of thiazole rings is 1. The van der Waals surface area contributed by atoms with E-state index >= 15 is 0 Å². The van der Waals surface area contributed by atoms with Gasteiger partial charge in [-0.05, 0) is 29.3 Å². The standard InChI is InChI=1S/C16H11ClF2N2OS/c17-12-3-1-2-11(6-12)14-5-10(4-13-8-20-9-23-13)7-21-15(14)22-16(18)19/h1-3,5-9,16H,4H2. The van der Waals surface area contributed by atoms with Gasteiger partial charge in [-0.2, -0.15) is 8.78 Å². The maximum atomic E-state index is 12.6. The van der Waals surface area contributed by atoms with Crippen molar-refractivity contribution in [3.63, 3.8) is 0 Å². The molecule has 0 radical (unpaired) electrons. The van der Waals surface area contributed by atoms with Crippen LogP contribution < -0.4 is 4.74 Å². The summed E-state index contributed by atoms with van der Waals surface area (Å²) in [7, 11) is 0. The number of aromatic nitrogens is 2. The molecule has 2 aromatic heterocycles. The first-order valence-electron chi connectivity index (χ1n) is 6.69. The van der Waals surface area contributed by atoms with Crippen LogP contribution in [0, 0.1) is 0 Å². The van der Waals surface area contributed by atoms with E-state index < -0.39 is 6.61 Å². The molecule has 0 saturated carbocycles. The minimum absolute atomic E-state index is 0.115. The Morgan fingerprint density at radius 3 is 2.78 bits per heavy atom. The van der Waals surface area contributed by atoms with Crippen LogP contribution in [-0.2, 0) is 6.42 Å². The molecule has 3 aromatic rings. The van der Waals surface area contributed by atoms with Gasteiger partial charge in [0.1, 0.15) is 0 Å². The van der Waals surface area contributed by atoms with Gasteiger partial charge in [-0.3, -0.25) is 4.98 Å². The monoisotopic (exact) mass is 352 g/mol. The molecule has 0 spiro atoms. The zero-order chi connectivity index (χ0) is 16.2. The number of benzene rings is 1. The second-order valence-corrected chi connectivity index (χ2v) is 6.14. The van der Waals surface area contributed by atoms with Crippen LogP contribution in [0.3, 0.4) is 0 Å². The smallest absolute Gasteiger partial charge is 0.388 e. The zero-order valence-corrected chi connectivity index (χ0v) is 13.3. The lowest BCUT2D eigenvalue weighted by Gasteiger charge is -2.11. The van der Waals surface area contributed by atoms with Crippen LogP contribution in [0.1, 0.15) is 10.4 Å². The van der Waals surface area contributed by atoms with Crippen molar-refractivity contribution >= 4 is 22.9 Å². The van der Waals surface area contributed by atoms with Gasteiger partial charge in [0, 0.05) is 34.3 Å². The molecule has 3 rings (SSSR count). The van der Waals surface area contributed by atoms with E-state index in [9.17, 15) is 8.78 Å². The largest absolute Gasteiger partial charge is 0.416 e. The van der Waals surface area contributed by atoms with Gasteiger partial charge in [-0.25, -0.2) is 4.98 Å². The van der Waals surface area contributed by atoms with E-state index in [0.29, 0.717) is 22.6 Å². The molecule has 7 heteroatoms. The number of hydrogen-bond donors (Lipinski definition) is 0. The summed E-state index contributed by atoms with van der Waals surface area (Å²) >= 11 is 7.52. The number of rotatable bonds is 5. The highest BCUT2D eigenvalue weighted by molar-refractivity contribution is 7.09. The number of hydrogen-bond acceptors (Lipinski definition) is 4. The highest BCUT2D eigenvalue weighted by Gasteiger charge is 2.14. The SMILES string of the molecule is FC(F)Oc1ncc(Cc2cncs2)cc1-c1cccc(Cl)c1. The van der Waals surface area contributed by atoms with Crippen molar-refractivity contribution in [3.8, 4) is 17.0 Å². The highest BCUT2D eigenvalue weighted by Crippen LogP contribution is 2.32. The van der Waals surface area contributed by atoms with Crippen LogP contribution in [0.4, 0.5) is 8.78 Å². The average molecular weight is 353 g/mol. The molecule has 0 fully saturated rings. The van der Waals surface area contributed by atoms with Crippen molar-refractivity contribution in [1.82, 2.24) is 9.97 Å². The summed E-state index contributed by atoms with van der Waals surface area (Å²) in [6, 6.07) is 8.72. The van der Waals surface area contributed by atoms with E-state index in [1.54, 1.807) is 42.0 Å². The Labute approximate surface area is 140 Å². The zero-order valence-electron chi connectivity index (χ0n) is 11.7. The summed E-state index contributed by atoms with van der Waals surface area (Å²) in [5.41, 5.74) is 3.78. The topological polar surface area (TPSA) is 35.0 Å². The molecule has 118 valence electrons. The molecule has 3 nitrogen and oxygen atoms in total. The number of alkyl halides is 2. The average Bonchev–Trinajstić information content (AvgIpc) is 3.01. The summed E-state index contributed by atoms with van der Waals surface area (Å²) < 4.78 is 29.7. The van der Waals surface area contributed by atoms with E-state index in [2.05, 4.69) is 14.7 Å². The van der Waals surface area contributed by atoms with E-state index in [-0.39, 0.29) is 5.88 Å². The van der Waals surface area contributed by atoms with Gasteiger partial charge in [0.2, 0.25) is 5.88 Å². The molecule has 0 unspecified atom stereocenters. The van der Waals surface area contributed by atoms with Crippen LogP contribution in [-0.4, -0.2) is 16.6 Å². The molecular formula is C16H11ClF2N2OS. The third-order valence-corrected chi connectivity index (χ3v) is 4.12. The molecule has 1 aromatic carbocycles. The molecule has 0 aliphatic rings. The molecule has 2 heterocycles. The lowest BCUT2D eigenvalue weighted by molar-refractivity contribution is -0.0524. The first kappa shape index (κ1) is 15.8. The molecule has 23 heavy (non-hydrogen) atoms. The molecule has 0 N–H and O–H groups in total. The van der Waals surface area contributed by atoms with Crippen molar-refractivity contribution in [3.05, 3.63) is 63.7 Å². The van der Waals surface area contributed by atoms with E-state index in [4.69, 9.17) is 11.6 Å². The second kappa shape index (κ2) is 7.02. The predicted molar refractivity (Wildman–Crippen MR) is 86.2 cm³/mol. The maximum Gasteiger partial charge on any atom is 0.388 e. The minimum atomic E-state index is -2.94.